The van der Waals surface area contributed by atoms with Crippen LogP contribution in [0.3, 0.4) is 0 Å². The first-order chi connectivity index (χ1) is 14.2. The maximum absolute atomic E-state index is 12.9. The van der Waals surface area contributed by atoms with E-state index in [9.17, 15) is 14.4 Å². The zero-order valence-corrected chi connectivity index (χ0v) is 19.5. The normalized spacial score (nSPS) is 23.8. The summed E-state index contributed by atoms with van der Waals surface area (Å²) in [6.45, 7) is 10.7. The van der Waals surface area contributed by atoms with Gasteiger partial charge in [0.15, 0.2) is 5.60 Å². The molecule has 2 aliphatic heterocycles. The van der Waals surface area contributed by atoms with Gasteiger partial charge in [0.05, 0.1) is 13.1 Å². The fourth-order valence-corrected chi connectivity index (χ4v) is 3.88. The van der Waals surface area contributed by atoms with Gasteiger partial charge in [0.25, 0.3) is 0 Å². The molecule has 2 heterocycles. The van der Waals surface area contributed by atoms with Gasteiger partial charge in [0.2, 0.25) is 0 Å². The molecule has 2 atom stereocenters. The monoisotopic (exact) mass is 452 g/mol. The lowest BCUT2D eigenvalue weighted by Crippen LogP contribution is -2.46. The molecule has 170 valence electrons. The topological polar surface area (TPSA) is 85.4 Å². The Balaban J connectivity index is 1.87. The number of ether oxygens (including phenoxy) is 3. The fraction of sp³-hybridized carbons (Fsp3) is 0.591. The van der Waals surface area contributed by atoms with Crippen molar-refractivity contribution < 1.29 is 28.6 Å². The van der Waals surface area contributed by atoms with Crippen LogP contribution in [-0.2, 0) is 19.0 Å². The smallest absolute Gasteiger partial charge is 0.415 e. The summed E-state index contributed by atoms with van der Waals surface area (Å²) in [5.74, 6) is -0.563. The number of hydrogen-bond acceptors (Lipinski definition) is 6. The molecule has 2 unspecified atom stereocenters. The minimum absolute atomic E-state index is 0.0224. The van der Waals surface area contributed by atoms with E-state index >= 15 is 0 Å². The first-order valence-corrected chi connectivity index (χ1v) is 10.5. The molecule has 0 radical (unpaired) electrons. The minimum atomic E-state index is -1.06. The highest BCUT2D eigenvalue weighted by atomic mass is 35.5. The van der Waals surface area contributed by atoms with Gasteiger partial charge in [-0.25, -0.2) is 14.4 Å². The van der Waals surface area contributed by atoms with Crippen LogP contribution < -0.4 is 4.90 Å². The van der Waals surface area contributed by atoms with Crippen LogP contribution in [0.4, 0.5) is 15.3 Å². The number of carbonyl (C=O) groups excluding carboxylic acids is 3. The van der Waals surface area contributed by atoms with Crippen LogP contribution in [-0.4, -0.2) is 59.0 Å². The van der Waals surface area contributed by atoms with Gasteiger partial charge in [0.1, 0.15) is 17.2 Å². The number of carbonyl (C=O) groups is 3. The third kappa shape index (κ3) is 5.42. The molecule has 0 aliphatic carbocycles. The second-order valence-corrected chi connectivity index (χ2v) is 10.4. The number of benzene rings is 1. The molecular formula is C22H29ClN2O6. The van der Waals surface area contributed by atoms with Gasteiger partial charge in [-0.15, -0.1) is 0 Å². The van der Waals surface area contributed by atoms with E-state index < -0.39 is 41.0 Å². The predicted molar refractivity (Wildman–Crippen MR) is 115 cm³/mol. The van der Waals surface area contributed by atoms with Crippen LogP contribution in [0.15, 0.2) is 24.3 Å². The highest BCUT2D eigenvalue weighted by molar-refractivity contribution is 6.30. The zero-order valence-electron chi connectivity index (χ0n) is 18.7. The van der Waals surface area contributed by atoms with Gasteiger partial charge < -0.3 is 14.2 Å². The third-order valence-corrected chi connectivity index (χ3v) is 5.03. The van der Waals surface area contributed by atoms with E-state index in [0.29, 0.717) is 10.7 Å². The van der Waals surface area contributed by atoms with E-state index in [0.717, 1.165) is 0 Å². The number of rotatable bonds is 2. The number of anilines is 1. The molecule has 1 spiro atoms. The number of likely N-dealkylation sites (tertiary alicyclic amines) is 1. The van der Waals surface area contributed by atoms with Gasteiger partial charge in [-0.05, 0) is 59.7 Å². The summed E-state index contributed by atoms with van der Waals surface area (Å²) in [4.78, 5) is 41.2. The van der Waals surface area contributed by atoms with Crippen LogP contribution in [0.5, 0.6) is 0 Å². The van der Waals surface area contributed by atoms with Crippen molar-refractivity contribution in [3.63, 3.8) is 0 Å². The molecule has 0 bridgehead atoms. The molecule has 0 saturated carbocycles. The molecule has 0 aromatic heterocycles. The molecule has 2 amide bonds. The SMILES string of the molecule is CC(C)(C)OC(=O)C1CC2(CN(c3cccc(Cl)c3)C(=O)O2)CN1C(=O)OC(C)(C)C. The first kappa shape index (κ1) is 23.2. The molecule has 2 aliphatic rings. The number of esters is 1. The van der Waals surface area contributed by atoms with Crippen molar-refractivity contribution in [2.45, 2.75) is 70.8 Å². The summed E-state index contributed by atoms with van der Waals surface area (Å²) in [5, 5.41) is 0.486. The Bertz CT molecular complexity index is 853. The average molecular weight is 453 g/mol. The predicted octanol–water partition coefficient (Wildman–Crippen LogP) is 4.39. The van der Waals surface area contributed by atoms with Crippen molar-refractivity contribution in [2.75, 3.05) is 18.0 Å². The van der Waals surface area contributed by atoms with Gasteiger partial charge >= 0.3 is 18.2 Å². The van der Waals surface area contributed by atoms with Crippen molar-refractivity contribution >= 4 is 35.4 Å². The number of amides is 2. The molecule has 1 aromatic rings. The van der Waals surface area contributed by atoms with Gasteiger partial charge in [-0.2, -0.15) is 0 Å². The van der Waals surface area contributed by atoms with Gasteiger partial charge in [0, 0.05) is 17.1 Å². The van der Waals surface area contributed by atoms with E-state index in [1.54, 1.807) is 65.8 Å². The van der Waals surface area contributed by atoms with Crippen molar-refractivity contribution in [1.82, 2.24) is 4.90 Å². The summed E-state index contributed by atoms with van der Waals surface area (Å²) in [7, 11) is 0. The Morgan fingerprint density at radius 1 is 1.10 bits per heavy atom. The summed E-state index contributed by atoms with van der Waals surface area (Å²) in [6, 6.07) is 5.93. The molecule has 2 saturated heterocycles. The third-order valence-electron chi connectivity index (χ3n) is 4.80. The first-order valence-electron chi connectivity index (χ1n) is 10.2. The summed E-state index contributed by atoms with van der Waals surface area (Å²) >= 11 is 6.07. The average Bonchev–Trinajstić information content (AvgIpc) is 3.12. The Kier molecular flexibility index (Phi) is 5.90. The summed E-state index contributed by atoms with van der Waals surface area (Å²) in [6.07, 6.45) is -1.10. The van der Waals surface area contributed by atoms with Crippen LogP contribution >= 0.6 is 11.6 Å². The van der Waals surface area contributed by atoms with Crippen molar-refractivity contribution in [3.8, 4) is 0 Å². The Hall–Kier alpha value is -2.48. The largest absolute Gasteiger partial charge is 0.458 e. The molecular weight excluding hydrogens is 424 g/mol. The standard InChI is InChI=1S/C22H29ClN2O6/c1-20(2,3)29-17(26)16-11-22(13-25(16)19(28)30-21(4,5)6)12-24(18(27)31-22)15-9-7-8-14(23)10-15/h7-10,16H,11-13H2,1-6H3. The Morgan fingerprint density at radius 3 is 2.32 bits per heavy atom. The van der Waals surface area contributed by atoms with Crippen LogP contribution in [0.2, 0.25) is 5.02 Å². The van der Waals surface area contributed by atoms with E-state index in [2.05, 4.69) is 0 Å². The number of nitrogens with zero attached hydrogens (tertiary/aromatic N) is 2. The molecule has 3 rings (SSSR count). The molecule has 31 heavy (non-hydrogen) atoms. The van der Waals surface area contributed by atoms with Crippen LogP contribution in [0, 0.1) is 0 Å². The number of halogens is 1. The zero-order chi connectivity index (χ0) is 23.2. The van der Waals surface area contributed by atoms with Crippen molar-refractivity contribution in [3.05, 3.63) is 29.3 Å². The molecule has 2 fully saturated rings. The van der Waals surface area contributed by atoms with Crippen molar-refractivity contribution in [1.29, 1.82) is 0 Å². The van der Waals surface area contributed by atoms with E-state index in [4.69, 9.17) is 25.8 Å². The van der Waals surface area contributed by atoms with Gasteiger partial charge in [-0.1, -0.05) is 17.7 Å². The van der Waals surface area contributed by atoms with Crippen molar-refractivity contribution in [2.24, 2.45) is 0 Å². The Morgan fingerprint density at radius 2 is 1.74 bits per heavy atom. The van der Waals surface area contributed by atoms with Crippen LogP contribution in [0.25, 0.3) is 0 Å². The maximum Gasteiger partial charge on any atom is 0.415 e. The molecule has 1 aromatic carbocycles. The highest BCUT2D eigenvalue weighted by Gasteiger charge is 2.58. The lowest BCUT2D eigenvalue weighted by molar-refractivity contribution is -0.160. The van der Waals surface area contributed by atoms with Crippen LogP contribution in [0.1, 0.15) is 48.0 Å². The van der Waals surface area contributed by atoms with Gasteiger partial charge in [-0.3, -0.25) is 9.80 Å². The fourth-order valence-electron chi connectivity index (χ4n) is 3.69. The second-order valence-electron chi connectivity index (χ2n) is 9.98. The maximum atomic E-state index is 12.9. The lowest BCUT2D eigenvalue weighted by atomic mass is 10.00. The van der Waals surface area contributed by atoms with E-state index in [1.165, 1.54) is 9.80 Å². The molecule has 9 heteroatoms. The van der Waals surface area contributed by atoms with E-state index in [1.807, 2.05) is 0 Å². The van der Waals surface area contributed by atoms with E-state index in [-0.39, 0.29) is 19.5 Å². The summed E-state index contributed by atoms with van der Waals surface area (Å²) < 4.78 is 16.8. The Labute approximate surface area is 187 Å². The molecule has 8 nitrogen and oxygen atoms in total. The summed E-state index contributed by atoms with van der Waals surface area (Å²) in [5.41, 5.74) is -1.95. The minimum Gasteiger partial charge on any atom is -0.458 e. The molecule has 0 N–H and O–H groups in total. The lowest BCUT2D eigenvalue weighted by Gasteiger charge is -2.29. The second kappa shape index (κ2) is 7.89. The number of hydrogen-bond donors (Lipinski definition) is 0. The quantitative estimate of drug-likeness (QED) is 0.488. The highest BCUT2D eigenvalue weighted by Crippen LogP contribution is 2.39.